The van der Waals surface area contributed by atoms with Gasteiger partial charge in [-0.2, -0.15) is 13.2 Å². The molecule has 0 aliphatic heterocycles. The molecule has 0 aliphatic carbocycles. The summed E-state index contributed by atoms with van der Waals surface area (Å²) in [6.45, 7) is 3.75. The van der Waals surface area contributed by atoms with Crippen molar-refractivity contribution in [1.29, 1.82) is 0 Å². The van der Waals surface area contributed by atoms with Crippen LogP contribution in [0.2, 0.25) is 0 Å². The van der Waals surface area contributed by atoms with Crippen LogP contribution in [0.15, 0.2) is 72.8 Å². The fourth-order valence-corrected chi connectivity index (χ4v) is 3.54. The van der Waals surface area contributed by atoms with Gasteiger partial charge in [0.05, 0.1) is 11.3 Å². The van der Waals surface area contributed by atoms with E-state index in [0.29, 0.717) is 11.3 Å². The van der Waals surface area contributed by atoms with Crippen molar-refractivity contribution >= 4 is 36.1 Å². The molecule has 5 nitrogen and oxygen atoms in total. The fraction of sp³-hybridized carbons (Fsp3) is 0.167. The number of thiol groups is 1. The zero-order chi connectivity index (χ0) is 24.2. The lowest BCUT2D eigenvalue weighted by Gasteiger charge is -2.27. The molecule has 0 bridgehead atoms. The van der Waals surface area contributed by atoms with E-state index in [1.165, 1.54) is 12.1 Å². The molecule has 0 saturated carbocycles. The summed E-state index contributed by atoms with van der Waals surface area (Å²) in [6, 6.07) is 16.2. The summed E-state index contributed by atoms with van der Waals surface area (Å²) in [5.41, 5.74) is 1.38. The van der Waals surface area contributed by atoms with Crippen molar-refractivity contribution in [3.8, 4) is 0 Å². The number of halogens is 3. The highest BCUT2D eigenvalue weighted by atomic mass is 32.1. The van der Waals surface area contributed by atoms with Gasteiger partial charge >= 0.3 is 12.2 Å². The van der Waals surface area contributed by atoms with Crippen LogP contribution in [0.1, 0.15) is 28.3 Å². The van der Waals surface area contributed by atoms with Crippen molar-refractivity contribution < 1.29 is 22.8 Å². The molecule has 0 fully saturated rings. The molecule has 2 N–H and O–H groups in total. The van der Waals surface area contributed by atoms with E-state index in [1.54, 1.807) is 42.5 Å². The minimum Gasteiger partial charge on any atom is -0.324 e. The van der Waals surface area contributed by atoms with Crippen LogP contribution >= 0.6 is 12.8 Å². The van der Waals surface area contributed by atoms with Crippen molar-refractivity contribution in [3.63, 3.8) is 0 Å². The Morgan fingerprint density at radius 2 is 1.45 bits per heavy atom. The van der Waals surface area contributed by atoms with Gasteiger partial charge in [-0.3, -0.25) is 9.10 Å². The largest absolute Gasteiger partial charge is 0.418 e. The first-order chi connectivity index (χ1) is 15.6. The minimum absolute atomic E-state index is 0.434. The number of hydrogen-bond donors (Lipinski definition) is 3. The quantitative estimate of drug-likeness (QED) is 0.377. The monoisotopic (exact) mass is 473 g/mol. The average Bonchev–Trinajstić information content (AvgIpc) is 2.77. The molecule has 3 amide bonds. The van der Waals surface area contributed by atoms with Gasteiger partial charge in [0.25, 0.3) is 5.91 Å². The minimum atomic E-state index is -4.66. The second kappa shape index (κ2) is 9.99. The van der Waals surface area contributed by atoms with Crippen LogP contribution in [-0.2, 0) is 11.0 Å². The second-order valence-corrected chi connectivity index (χ2v) is 7.80. The third kappa shape index (κ3) is 5.67. The molecule has 0 aliphatic rings. The van der Waals surface area contributed by atoms with Crippen molar-refractivity contribution in [3.05, 3.63) is 95.1 Å². The number of para-hydroxylation sites is 1. The number of amides is 3. The number of alkyl halides is 3. The fourth-order valence-electron chi connectivity index (χ4n) is 3.26. The molecule has 0 aromatic heterocycles. The first kappa shape index (κ1) is 24.2. The van der Waals surface area contributed by atoms with E-state index >= 15 is 0 Å². The molecule has 3 aromatic rings. The molecule has 0 radical (unpaired) electrons. The van der Waals surface area contributed by atoms with Gasteiger partial charge in [0.1, 0.15) is 6.04 Å². The molecule has 1 atom stereocenters. The van der Waals surface area contributed by atoms with Crippen molar-refractivity contribution in [2.45, 2.75) is 26.1 Å². The van der Waals surface area contributed by atoms with Crippen LogP contribution in [0.5, 0.6) is 0 Å². The van der Waals surface area contributed by atoms with Gasteiger partial charge in [0, 0.05) is 5.69 Å². The molecule has 0 heterocycles. The Bertz CT molecular complexity index is 1150. The average molecular weight is 474 g/mol. The van der Waals surface area contributed by atoms with E-state index < -0.39 is 35.4 Å². The predicted molar refractivity (Wildman–Crippen MR) is 125 cm³/mol. The van der Waals surface area contributed by atoms with E-state index in [4.69, 9.17) is 0 Å². The summed E-state index contributed by atoms with van der Waals surface area (Å²) < 4.78 is 40.7. The van der Waals surface area contributed by atoms with Crippen LogP contribution in [0.4, 0.5) is 29.3 Å². The number of rotatable bonds is 5. The maximum absolute atomic E-state index is 13.3. The Morgan fingerprint density at radius 1 is 0.848 bits per heavy atom. The number of hydrogen-bond acceptors (Lipinski definition) is 3. The lowest BCUT2D eigenvalue weighted by molar-refractivity contribution is -0.137. The number of benzene rings is 3. The predicted octanol–water partition coefficient (Wildman–Crippen LogP) is 6.38. The van der Waals surface area contributed by atoms with Gasteiger partial charge < -0.3 is 10.6 Å². The van der Waals surface area contributed by atoms with Gasteiger partial charge in [-0.15, -0.1) is 0 Å². The molecule has 172 valence electrons. The van der Waals surface area contributed by atoms with Crippen LogP contribution in [-0.4, -0.2) is 16.2 Å². The summed E-state index contributed by atoms with van der Waals surface area (Å²) in [6.07, 6.45) is -4.66. The number of urea groups is 1. The summed E-state index contributed by atoms with van der Waals surface area (Å²) in [4.78, 5) is 26.1. The molecule has 0 saturated heterocycles. The topological polar surface area (TPSA) is 61.4 Å². The number of nitrogens with one attached hydrogen (secondary N) is 2. The van der Waals surface area contributed by atoms with E-state index in [9.17, 15) is 22.8 Å². The molecule has 33 heavy (non-hydrogen) atoms. The Kier molecular flexibility index (Phi) is 7.33. The van der Waals surface area contributed by atoms with Gasteiger partial charge in [0.2, 0.25) is 0 Å². The first-order valence-corrected chi connectivity index (χ1v) is 10.4. The first-order valence-electron chi connectivity index (χ1n) is 9.97. The number of carbonyl (C=O) groups is 2. The van der Waals surface area contributed by atoms with E-state index in [2.05, 4.69) is 23.4 Å². The normalized spacial score (nSPS) is 12.1. The molecular formula is C24H22F3N3O2S. The van der Waals surface area contributed by atoms with E-state index in [-0.39, 0.29) is 0 Å². The molecule has 9 heteroatoms. The van der Waals surface area contributed by atoms with Crippen LogP contribution in [0, 0.1) is 13.8 Å². The summed E-state index contributed by atoms with van der Waals surface area (Å²) in [5, 5.41) is 5.01. The zero-order valence-corrected chi connectivity index (χ0v) is 18.7. The van der Waals surface area contributed by atoms with Gasteiger partial charge in [-0.25, -0.2) is 4.79 Å². The third-order valence-electron chi connectivity index (χ3n) is 5.15. The second-order valence-electron chi connectivity index (χ2n) is 7.37. The van der Waals surface area contributed by atoms with Crippen molar-refractivity contribution in [2.75, 3.05) is 10.6 Å². The Morgan fingerprint density at radius 3 is 2.12 bits per heavy atom. The maximum Gasteiger partial charge on any atom is 0.418 e. The summed E-state index contributed by atoms with van der Waals surface area (Å²) in [7, 11) is 0. The zero-order valence-electron chi connectivity index (χ0n) is 17.9. The maximum atomic E-state index is 13.3. The lowest BCUT2D eigenvalue weighted by Crippen LogP contribution is -2.38. The Labute approximate surface area is 195 Å². The van der Waals surface area contributed by atoms with Gasteiger partial charge in [0.15, 0.2) is 0 Å². The highest BCUT2D eigenvalue weighted by Crippen LogP contribution is 2.35. The van der Waals surface area contributed by atoms with E-state index in [1.807, 2.05) is 19.9 Å². The number of anilines is 2. The van der Waals surface area contributed by atoms with Gasteiger partial charge in [-0.05, 0) is 48.7 Å². The number of aryl methyl sites for hydroxylation is 1. The van der Waals surface area contributed by atoms with Crippen molar-refractivity contribution in [2.24, 2.45) is 0 Å². The van der Waals surface area contributed by atoms with E-state index in [0.717, 1.165) is 27.6 Å². The van der Waals surface area contributed by atoms with Crippen LogP contribution in [0.3, 0.4) is 0 Å². The summed E-state index contributed by atoms with van der Waals surface area (Å²) >= 11 is 4.20. The standard InChI is InChI=1S/C24H22F3N3O2S/c1-15-9-8-14-19(16(15)2)28-22(31)21(17-10-4-3-5-11-17)30(33)23(32)29-20-13-7-6-12-18(20)24(25,26)27/h3-14,21,33H,1-2H3,(H,28,31)(H,29,32). The number of nitrogens with zero attached hydrogens (tertiary/aromatic N) is 1. The highest BCUT2D eigenvalue weighted by Gasteiger charge is 2.35. The number of carbonyl (C=O) groups excluding carboxylic acids is 2. The van der Waals surface area contributed by atoms with Gasteiger partial charge in [-0.1, -0.05) is 67.4 Å². The Hall–Kier alpha value is -3.46. The molecule has 3 rings (SSSR count). The van der Waals surface area contributed by atoms with Crippen LogP contribution in [0.25, 0.3) is 0 Å². The third-order valence-corrected chi connectivity index (χ3v) is 5.57. The van der Waals surface area contributed by atoms with Crippen molar-refractivity contribution in [1.82, 2.24) is 4.31 Å². The highest BCUT2D eigenvalue weighted by molar-refractivity contribution is 7.78. The SMILES string of the molecule is Cc1cccc(NC(=O)C(c2ccccc2)N(S)C(=O)Nc2ccccc2C(F)(F)F)c1C. The lowest BCUT2D eigenvalue weighted by atomic mass is 10.0. The molecule has 1 unspecified atom stereocenters. The summed E-state index contributed by atoms with van der Waals surface area (Å²) in [5.74, 6) is -0.566. The molecular weight excluding hydrogens is 451 g/mol. The Balaban J connectivity index is 1.91. The molecule has 0 spiro atoms. The molecule has 3 aromatic carbocycles. The van der Waals surface area contributed by atoms with Crippen LogP contribution < -0.4 is 10.6 Å². The smallest absolute Gasteiger partial charge is 0.324 e.